The molecule has 0 atom stereocenters. The molecule has 0 aromatic carbocycles. The van der Waals surface area contributed by atoms with Crippen molar-refractivity contribution >= 4 is 11.6 Å². The molecule has 2 heterocycles. The molecule has 0 aliphatic rings. The standard InChI is InChI=1S/C9H9N3O2/c1-5-3-6(2)12-8(11-5)7(4-10-12)9(13)14/h3-4H,1-2H3,(H,13,14)/p-1. The minimum atomic E-state index is -1.25. The Balaban J connectivity index is 2.85. The van der Waals surface area contributed by atoms with Crippen molar-refractivity contribution in [3.63, 3.8) is 0 Å². The van der Waals surface area contributed by atoms with Crippen molar-refractivity contribution in [1.29, 1.82) is 0 Å². The summed E-state index contributed by atoms with van der Waals surface area (Å²) in [6.45, 7) is 3.65. The van der Waals surface area contributed by atoms with Crippen molar-refractivity contribution in [2.24, 2.45) is 0 Å². The number of hydrogen-bond donors (Lipinski definition) is 0. The van der Waals surface area contributed by atoms with Gasteiger partial charge in [0, 0.05) is 11.4 Å². The highest BCUT2D eigenvalue weighted by molar-refractivity contribution is 5.92. The lowest BCUT2D eigenvalue weighted by molar-refractivity contribution is -0.254. The number of carboxylic acids is 1. The van der Waals surface area contributed by atoms with E-state index >= 15 is 0 Å². The van der Waals surface area contributed by atoms with Crippen LogP contribution in [0.15, 0.2) is 12.3 Å². The third-order valence-corrected chi connectivity index (χ3v) is 2.00. The molecule has 14 heavy (non-hydrogen) atoms. The van der Waals surface area contributed by atoms with Crippen LogP contribution in [0.1, 0.15) is 21.7 Å². The number of carboxylic acid groups (broad SMARTS) is 1. The number of aromatic nitrogens is 3. The highest BCUT2D eigenvalue weighted by atomic mass is 16.4. The summed E-state index contributed by atoms with van der Waals surface area (Å²) in [7, 11) is 0. The second-order valence-electron chi connectivity index (χ2n) is 3.12. The van der Waals surface area contributed by atoms with Crippen LogP contribution in [0.25, 0.3) is 5.65 Å². The van der Waals surface area contributed by atoms with Gasteiger partial charge in [0.2, 0.25) is 0 Å². The summed E-state index contributed by atoms with van der Waals surface area (Å²) >= 11 is 0. The zero-order chi connectivity index (χ0) is 10.3. The van der Waals surface area contributed by atoms with E-state index in [1.54, 1.807) is 6.92 Å². The maximum atomic E-state index is 10.7. The van der Waals surface area contributed by atoms with E-state index in [-0.39, 0.29) is 5.56 Å². The van der Waals surface area contributed by atoms with Crippen molar-refractivity contribution in [1.82, 2.24) is 14.6 Å². The van der Waals surface area contributed by atoms with Gasteiger partial charge in [-0.15, -0.1) is 0 Å². The van der Waals surface area contributed by atoms with Crippen LogP contribution in [0.2, 0.25) is 0 Å². The van der Waals surface area contributed by atoms with Gasteiger partial charge in [0.15, 0.2) is 5.65 Å². The first-order valence-electron chi connectivity index (χ1n) is 4.13. The number of aryl methyl sites for hydroxylation is 2. The third-order valence-electron chi connectivity index (χ3n) is 2.00. The van der Waals surface area contributed by atoms with Gasteiger partial charge in [-0.2, -0.15) is 5.10 Å². The fourth-order valence-corrected chi connectivity index (χ4v) is 1.41. The van der Waals surface area contributed by atoms with E-state index in [0.29, 0.717) is 5.65 Å². The second kappa shape index (κ2) is 2.80. The maximum Gasteiger partial charge on any atom is 0.164 e. The summed E-state index contributed by atoms with van der Waals surface area (Å²) in [4.78, 5) is 14.8. The highest BCUT2D eigenvalue weighted by Gasteiger charge is 2.08. The Morgan fingerprint density at radius 2 is 2.21 bits per heavy atom. The van der Waals surface area contributed by atoms with E-state index in [4.69, 9.17) is 0 Å². The number of hydrogen-bond acceptors (Lipinski definition) is 4. The fraction of sp³-hybridized carbons (Fsp3) is 0.222. The highest BCUT2D eigenvalue weighted by Crippen LogP contribution is 2.10. The maximum absolute atomic E-state index is 10.7. The van der Waals surface area contributed by atoms with Gasteiger partial charge in [0.05, 0.1) is 17.7 Å². The molecule has 72 valence electrons. The normalized spacial score (nSPS) is 10.7. The quantitative estimate of drug-likeness (QED) is 0.619. The number of nitrogens with zero attached hydrogens (tertiary/aromatic N) is 3. The molecule has 0 radical (unpaired) electrons. The Labute approximate surface area is 80.0 Å². The van der Waals surface area contributed by atoms with Crippen LogP contribution >= 0.6 is 0 Å². The summed E-state index contributed by atoms with van der Waals surface area (Å²) in [6, 6.07) is 1.83. The average Bonchev–Trinajstić information content (AvgIpc) is 2.47. The molecule has 0 aliphatic carbocycles. The van der Waals surface area contributed by atoms with Crippen LogP contribution in [-0.4, -0.2) is 20.6 Å². The largest absolute Gasteiger partial charge is 0.545 e. The predicted octanol–water partition coefficient (Wildman–Crippen LogP) is -0.290. The molecule has 0 fully saturated rings. The minimum Gasteiger partial charge on any atom is -0.545 e. The monoisotopic (exact) mass is 190 g/mol. The Morgan fingerprint density at radius 3 is 2.86 bits per heavy atom. The molecule has 2 aromatic heterocycles. The van der Waals surface area contributed by atoms with Crippen LogP contribution in [0.5, 0.6) is 0 Å². The van der Waals surface area contributed by atoms with Crippen molar-refractivity contribution in [2.45, 2.75) is 13.8 Å². The van der Waals surface area contributed by atoms with Crippen molar-refractivity contribution in [2.75, 3.05) is 0 Å². The molecular weight excluding hydrogens is 182 g/mol. The third kappa shape index (κ3) is 1.14. The summed E-state index contributed by atoms with van der Waals surface area (Å²) in [5.74, 6) is -1.25. The van der Waals surface area contributed by atoms with Crippen molar-refractivity contribution in [3.05, 3.63) is 29.2 Å². The van der Waals surface area contributed by atoms with E-state index in [2.05, 4.69) is 10.1 Å². The van der Waals surface area contributed by atoms with E-state index in [0.717, 1.165) is 11.4 Å². The number of rotatable bonds is 1. The molecule has 5 heteroatoms. The lowest BCUT2D eigenvalue weighted by Gasteiger charge is -2.02. The summed E-state index contributed by atoms with van der Waals surface area (Å²) in [5, 5.41) is 14.6. The molecule has 2 rings (SSSR count). The number of carbonyl (C=O) groups excluding carboxylic acids is 1. The van der Waals surface area contributed by atoms with Crippen molar-refractivity contribution < 1.29 is 9.90 Å². The molecule has 0 saturated heterocycles. The van der Waals surface area contributed by atoms with Gasteiger partial charge in [-0.1, -0.05) is 0 Å². The molecular formula is C9H8N3O2-. The Kier molecular flexibility index (Phi) is 1.73. The minimum absolute atomic E-state index is 0.0248. The topological polar surface area (TPSA) is 70.3 Å². The van der Waals surface area contributed by atoms with E-state index < -0.39 is 5.97 Å². The van der Waals surface area contributed by atoms with Crippen LogP contribution in [0.3, 0.4) is 0 Å². The van der Waals surface area contributed by atoms with Gasteiger partial charge in [-0.25, -0.2) is 9.50 Å². The molecule has 0 aliphatic heterocycles. The molecule has 0 spiro atoms. The fourth-order valence-electron chi connectivity index (χ4n) is 1.41. The summed E-state index contributed by atoms with van der Waals surface area (Å²) < 4.78 is 1.48. The van der Waals surface area contributed by atoms with Gasteiger partial charge in [0.1, 0.15) is 0 Å². The van der Waals surface area contributed by atoms with Gasteiger partial charge in [-0.05, 0) is 19.9 Å². The van der Waals surface area contributed by atoms with Gasteiger partial charge in [-0.3, -0.25) is 0 Å². The molecule has 0 bridgehead atoms. The molecule has 2 aromatic rings. The van der Waals surface area contributed by atoms with Crippen LogP contribution in [0, 0.1) is 13.8 Å². The average molecular weight is 190 g/mol. The van der Waals surface area contributed by atoms with Gasteiger partial charge in [0.25, 0.3) is 0 Å². The number of fused-ring (bicyclic) bond motifs is 1. The van der Waals surface area contributed by atoms with E-state index in [1.165, 1.54) is 10.7 Å². The second-order valence-corrected chi connectivity index (χ2v) is 3.12. The molecule has 5 nitrogen and oxygen atoms in total. The number of carbonyl (C=O) groups is 1. The van der Waals surface area contributed by atoms with Crippen molar-refractivity contribution in [3.8, 4) is 0 Å². The molecule has 0 amide bonds. The van der Waals surface area contributed by atoms with Gasteiger partial charge < -0.3 is 9.90 Å². The SMILES string of the molecule is Cc1cc(C)n2ncc(C(=O)[O-])c2n1. The zero-order valence-electron chi connectivity index (χ0n) is 7.81. The lowest BCUT2D eigenvalue weighted by Crippen LogP contribution is -2.22. The summed E-state index contributed by atoms with van der Waals surface area (Å²) in [6.07, 6.45) is 1.25. The van der Waals surface area contributed by atoms with Crippen LogP contribution < -0.4 is 5.11 Å². The molecule has 0 unspecified atom stereocenters. The van der Waals surface area contributed by atoms with E-state index in [9.17, 15) is 9.90 Å². The molecule has 0 N–H and O–H groups in total. The van der Waals surface area contributed by atoms with E-state index in [1.807, 2.05) is 13.0 Å². The smallest absolute Gasteiger partial charge is 0.164 e. The number of aromatic carboxylic acids is 1. The van der Waals surface area contributed by atoms with Crippen LogP contribution in [0.4, 0.5) is 0 Å². The Bertz CT molecular complexity index is 516. The molecule has 0 saturated carbocycles. The Morgan fingerprint density at radius 1 is 1.50 bits per heavy atom. The zero-order valence-corrected chi connectivity index (χ0v) is 7.81. The first-order chi connectivity index (χ1) is 6.59. The lowest BCUT2D eigenvalue weighted by atomic mass is 10.3. The predicted molar refractivity (Wildman–Crippen MR) is 46.8 cm³/mol. The Hall–Kier alpha value is -1.91. The van der Waals surface area contributed by atoms with Crippen LogP contribution in [-0.2, 0) is 0 Å². The van der Waals surface area contributed by atoms with Gasteiger partial charge >= 0.3 is 0 Å². The first kappa shape index (κ1) is 8.68. The summed E-state index contributed by atoms with van der Waals surface area (Å²) in [5.41, 5.74) is 1.97. The first-order valence-corrected chi connectivity index (χ1v) is 4.13.